The summed E-state index contributed by atoms with van der Waals surface area (Å²) in [7, 11) is -3.98. The van der Waals surface area contributed by atoms with Crippen LogP contribution in [0.3, 0.4) is 0 Å². The molecule has 1 heterocycles. The molecule has 0 fully saturated rings. The third kappa shape index (κ3) is 3.58. The van der Waals surface area contributed by atoms with Gasteiger partial charge in [0.2, 0.25) is 0 Å². The minimum Gasteiger partial charge on any atom is -0.423 e. The molecule has 25 heavy (non-hydrogen) atoms. The summed E-state index contributed by atoms with van der Waals surface area (Å²) in [6, 6.07) is 12.2. The number of aryl methyl sites for hydroxylation is 1. The molecule has 3 rings (SSSR count). The van der Waals surface area contributed by atoms with Gasteiger partial charge in [-0.1, -0.05) is 19.9 Å². The molecule has 0 aliphatic rings. The summed E-state index contributed by atoms with van der Waals surface area (Å²) in [4.78, 5) is 11.2. The molecule has 0 amide bonds. The van der Waals surface area contributed by atoms with E-state index in [1.54, 1.807) is 12.1 Å². The zero-order valence-electron chi connectivity index (χ0n) is 14.1. The van der Waals surface area contributed by atoms with Gasteiger partial charge in [-0.15, -0.1) is 0 Å². The van der Waals surface area contributed by atoms with Crippen molar-refractivity contribution in [3.63, 3.8) is 0 Å². The zero-order chi connectivity index (χ0) is 18.2. The van der Waals surface area contributed by atoms with E-state index >= 15 is 0 Å². The number of rotatable bonds is 4. The first-order valence-corrected chi connectivity index (χ1v) is 9.26. The van der Waals surface area contributed by atoms with E-state index in [1.807, 2.05) is 13.0 Å². The lowest BCUT2D eigenvalue weighted by atomic mass is 9.98. The zero-order valence-corrected chi connectivity index (χ0v) is 15.0. The first kappa shape index (κ1) is 17.2. The van der Waals surface area contributed by atoms with E-state index in [0.29, 0.717) is 16.9 Å². The number of benzene rings is 2. The van der Waals surface area contributed by atoms with Crippen molar-refractivity contribution in [2.45, 2.75) is 31.6 Å². The number of fused-ring (bicyclic) bond motifs is 1. The van der Waals surface area contributed by atoms with Crippen LogP contribution in [0.15, 0.2) is 62.6 Å². The van der Waals surface area contributed by atoms with Gasteiger partial charge in [-0.25, -0.2) is 4.79 Å². The van der Waals surface area contributed by atoms with Gasteiger partial charge >= 0.3 is 15.7 Å². The molecule has 1 aromatic heterocycles. The van der Waals surface area contributed by atoms with Crippen molar-refractivity contribution in [3.05, 3.63) is 70.1 Å². The van der Waals surface area contributed by atoms with Crippen molar-refractivity contribution in [1.82, 2.24) is 0 Å². The van der Waals surface area contributed by atoms with Crippen LogP contribution in [0.4, 0.5) is 0 Å². The lowest BCUT2D eigenvalue weighted by molar-refractivity contribution is 0.485. The summed E-state index contributed by atoms with van der Waals surface area (Å²) in [5.41, 5.74) is 1.96. The normalized spacial score (nSPS) is 11.8. The van der Waals surface area contributed by atoms with E-state index in [0.717, 1.165) is 11.1 Å². The molecule has 130 valence electrons. The average molecular weight is 358 g/mol. The molecular formula is C19H18O5S. The van der Waals surface area contributed by atoms with Crippen LogP contribution in [0, 0.1) is 6.92 Å². The molecule has 2 aromatic carbocycles. The molecule has 0 aliphatic carbocycles. The Kier molecular flexibility index (Phi) is 4.39. The van der Waals surface area contributed by atoms with E-state index in [9.17, 15) is 13.2 Å². The summed E-state index contributed by atoms with van der Waals surface area (Å²) >= 11 is 0. The third-order valence-corrected chi connectivity index (χ3v) is 5.19. The quantitative estimate of drug-likeness (QED) is 0.521. The van der Waals surface area contributed by atoms with Crippen LogP contribution in [0.1, 0.15) is 30.9 Å². The van der Waals surface area contributed by atoms with Crippen LogP contribution in [0.25, 0.3) is 11.0 Å². The molecule has 0 radical (unpaired) electrons. The minimum atomic E-state index is -3.98. The molecule has 0 aliphatic heterocycles. The largest absolute Gasteiger partial charge is 0.423 e. The molecule has 0 atom stereocenters. The highest BCUT2D eigenvalue weighted by molar-refractivity contribution is 7.87. The minimum absolute atomic E-state index is 0.000520. The van der Waals surface area contributed by atoms with Crippen molar-refractivity contribution in [2.24, 2.45) is 0 Å². The maximum absolute atomic E-state index is 12.5. The predicted octanol–water partition coefficient (Wildman–Crippen LogP) is 3.99. The predicted molar refractivity (Wildman–Crippen MR) is 95.6 cm³/mol. The fourth-order valence-corrected chi connectivity index (χ4v) is 3.69. The molecular weight excluding hydrogens is 340 g/mol. The Bertz CT molecular complexity index is 1090. The van der Waals surface area contributed by atoms with Gasteiger partial charge in [0.15, 0.2) is 0 Å². The molecule has 0 N–H and O–H groups in total. The first-order chi connectivity index (χ1) is 11.8. The average Bonchev–Trinajstić information content (AvgIpc) is 2.53. The Morgan fingerprint density at radius 1 is 1.00 bits per heavy atom. The van der Waals surface area contributed by atoms with Gasteiger partial charge in [0, 0.05) is 11.5 Å². The van der Waals surface area contributed by atoms with Crippen LogP contribution >= 0.6 is 0 Å². The second-order valence-electron chi connectivity index (χ2n) is 6.16. The van der Waals surface area contributed by atoms with Gasteiger partial charge in [0.25, 0.3) is 0 Å². The van der Waals surface area contributed by atoms with Crippen LogP contribution in [0.2, 0.25) is 0 Å². The summed E-state index contributed by atoms with van der Waals surface area (Å²) < 4.78 is 35.3. The Hall–Kier alpha value is -2.60. The smallest absolute Gasteiger partial charge is 0.339 e. The van der Waals surface area contributed by atoms with Crippen molar-refractivity contribution < 1.29 is 17.0 Å². The molecule has 5 nitrogen and oxygen atoms in total. The van der Waals surface area contributed by atoms with Crippen molar-refractivity contribution in [3.8, 4) is 5.75 Å². The van der Waals surface area contributed by atoms with E-state index in [4.69, 9.17) is 8.60 Å². The lowest BCUT2D eigenvalue weighted by Crippen LogP contribution is -2.10. The summed E-state index contributed by atoms with van der Waals surface area (Å²) in [6.45, 7) is 6.08. The van der Waals surface area contributed by atoms with E-state index < -0.39 is 15.7 Å². The fraction of sp³-hybridized carbons (Fsp3) is 0.211. The Balaban J connectivity index is 1.95. The van der Waals surface area contributed by atoms with Gasteiger partial charge in [0.1, 0.15) is 16.2 Å². The molecule has 0 unspecified atom stereocenters. The van der Waals surface area contributed by atoms with Gasteiger partial charge < -0.3 is 8.60 Å². The second kappa shape index (κ2) is 6.37. The first-order valence-electron chi connectivity index (χ1n) is 7.85. The van der Waals surface area contributed by atoms with Crippen LogP contribution in [-0.4, -0.2) is 8.42 Å². The monoisotopic (exact) mass is 358 g/mol. The van der Waals surface area contributed by atoms with Gasteiger partial charge in [-0.3, -0.25) is 0 Å². The number of hydrogen-bond acceptors (Lipinski definition) is 5. The van der Waals surface area contributed by atoms with Crippen molar-refractivity contribution in [1.29, 1.82) is 0 Å². The fourth-order valence-electron chi connectivity index (χ4n) is 2.73. The van der Waals surface area contributed by atoms with Crippen molar-refractivity contribution in [2.75, 3.05) is 0 Å². The lowest BCUT2D eigenvalue weighted by Gasteiger charge is -2.12. The number of hydrogen-bond donors (Lipinski definition) is 0. The van der Waals surface area contributed by atoms with Crippen molar-refractivity contribution >= 4 is 21.1 Å². The topological polar surface area (TPSA) is 73.6 Å². The summed E-state index contributed by atoms with van der Waals surface area (Å²) in [6.07, 6.45) is 0. The molecule has 0 spiro atoms. The van der Waals surface area contributed by atoms with Crippen LogP contribution in [-0.2, 0) is 10.1 Å². The second-order valence-corrected chi connectivity index (χ2v) is 7.71. The molecule has 0 bridgehead atoms. The van der Waals surface area contributed by atoms with Gasteiger partial charge in [0.05, 0.1) is 0 Å². The Morgan fingerprint density at radius 3 is 2.44 bits per heavy atom. The standard InChI is InChI=1S/C19H18O5S/c1-12(2)17-7-5-15(10-13(17)3)24-25(21,22)16-6-8-18-14(11-16)4-9-19(20)23-18/h4-12H,1-3H3. The molecule has 6 heteroatoms. The van der Waals surface area contributed by atoms with Gasteiger partial charge in [-0.05, 0) is 60.4 Å². The highest BCUT2D eigenvalue weighted by Gasteiger charge is 2.18. The molecule has 0 saturated carbocycles. The Morgan fingerprint density at radius 2 is 1.76 bits per heavy atom. The summed E-state index contributed by atoms with van der Waals surface area (Å²) in [5.74, 6) is 0.613. The highest BCUT2D eigenvalue weighted by atomic mass is 32.2. The van der Waals surface area contributed by atoms with E-state index in [-0.39, 0.29) is 10.6 Å². The Labute approximate surface area is 146 Å². The third-order valence-electron chi connectivity index (χ3n) is 3.95. The highest BCUT2D eigenvalue weighted by Crippen LogP contribution is 2.26. The maximum atomic E-state index is 12.5. The van der Waals surface area contributed by atoms with E-state index in [2.05, 4.69) is 13.8 Å². The molecule has 3 aromatic rings. The summed E-state index contributed by atoms with van der Waals surface area (Å²) in [5, 5.41) is 0.510. The van der Waals surface area contributed by atoms with Crippen LogP contribution < -0.4 is 9.81 Å². The van der Waals surface area contributed by atoms with Crippen LogP contribution in [0.5, 0.6) is 5.75 Å². The van der Waals surface area contributed by atoms with Gasteiger partial charge in [-0.2, -0.15) is 8.42 Å². The maximum Gasteiger partial charge on any atom is 0.339 e. The van der Waals surface area contributed by atoms with E-state index in [1.165, 1.54) is 30.3 Å². The molecule has 0 saturated heterocycles. The SMILES string of the molecule is Cc1cc(OS(=O)(=O)c2ccc3oc(=O)ccc3c2)ccc1C(C)C.